The van der Waals surface area contributed by atoms with Crippen molar-refractivity contribution < 1.29 is 14.7 Å². The molecule has 1 aromatic rings. The van der Waals surface area contributed by atoms with Crippen LogP contribution in [0.4, 0.5) is 0 Å². The number of carbonyl (C=O) groups excluding carboxylic acids is 1. The van der Waals surface area contributed by atoms with Gasteiger partial charge >= 0.3 is 5.97 Å². The van der Waals surface area contributed by atoms with Gasteiger partial charge in [0.05, 0.1) is 0 Å². The maximum absolute atomic E-state index is 12.5. The molecule has 0 aromatic heterocycles. The summed E-state index contributed by atoms with van der Waals surface area (Å²) in [6.45, 7) is 3.36. The molecule has 5 heteroatoms. The molecule has 0 spiro atoms. The van der Waals surface area contributed by atoms with Crippen LogP contribution in [-0.2, 0) is 4.79 Å². The molecule has 1 saturated carbocycles. The number of carbonyl (C=O) groups is 2. The molecule has 0 heterocycles. The van der Waals surface area contributed by atoms with Crippen LogP contribution >= 0.6 is 11.6 Å². The molecule has 1 fully saturated rings. The van der Waals surface area contributed by atoms with E-state index in [1.807, 2.05) is 6.92 Å². The van der Waals surface area contributed by atoms with Gasteiger partial charge in [0.2, 0.25) is 0 Å². The summed E-state index contributed by atoms with van der Waals surface area (Å²) in [4.78, 5) is 25.0. The van der Waals surface area contributed by atoms with Crippen molar-refractivity contribution in [3.05, 3.63) is 34.3 Å². The zero-order chi connectivity index (χ0) is 14.2. The van der Waals surface area contributed by atoms with Crippen molar-refractivity contribution in [2.45, 2.75) is 38.8 Å². The number of rotatable bonds is 4. The van der Waals surface area contributed by atoms with Gasteiger partial charge in [-0.05, 0) is 50.5 Å². The Bertz CT molecular complexity index is 525. The second kappa shape index (κ2) is 5.21. The van der Waals surface area contributed by atoms with Crippen molar-refractivity contribution in [3.8, 4) is 0 Å². The van der Waals surface area contributed by atoms with Gasteiger partial charge in [0.1, 0.15) is 6.04 Å². The molecule has 0 bridgehead atoms. The predicted molar refractivity (Wildman–Crippen MR) is 72.5 cm³/mol. The number of hydrogen-bond acceptors (Lipinski definition) is 2. The Morgan fingerprint density at radius 3 is 2.53 bits per heavy atom. The van der Waals surface area contributed by atoms with Crippen LogP contribution < -0.4 is 0 Å². The van der Waals surface area contributed by atoms with Gasteiger partial charge in [-0.3, -0.25) is 4.79 Å². The second-order valence-corrected chi connectivity index (χ2v) is 5.33. The van der Waals surface area contributed by atoms with Crippen LogP contribution in [0.3, 0.4) is 0 Å². The predicted octanol–water partition coefficient (Wildman–Crippen LogP) is 2.73. The summed E-state index contributed by atoms with van der Waals surface area (Å²) in [7, 11) is 0. The van der Waals surface area contributed by atoms with Crippen molar-refractivity contribution >= 4 is 23.5 Å². The third kappa shape index (κ3) is 2.89. The molecule has 0 aliphatic heterocycles. The van der Waals surface area contributed by atoms with Crippen LogP contribution in [0, 0.1) is 6.92 Å². The number of carboxylic acid groups (broad SMARTS) is 1. The molecule has 4 nitrogen and oxygen atoms in total. The Labute approximate surface area is 117 Å². The average Bonchev–Trinajstić information content (AvgIpc) is 3.17. The van der Waals surface area contributed by atoms with Crippen molar-refractivity contribution in [2.75, 3.05) is 0 Å². The minimum absolute atomic E-state index is 0.0505. The highest BCUT2D eigenvalue weighted by Gasteiger charge is 2.38. The summed E-state index contributed by atoms with van der Waals surface area (Å²) >= 11 is 5.93. The lowest BCUT2D eigenvalue weighted by Gasteiger charge is -2.26. The first-order valence-electron chi connectivity index (χ1n) is 6.23. The number of benzene rings is 1. The van der Waals surface area contributed by atoms with Crippen molar-refractivity contribution in [2.24, 2.45) is 0 Å². The van der Waals surface area contributed by atoms with Gasteiger partial charge in [-0.15, -0.1) is 0 Å². The smallest absolute Gasteiger partial charge is 0.326 e. The zero-order valence-corrected chi connectivity index (χ0v) is 11.6. The van der Waals surface area contributed by atoms with E-state index in [0.29, 0.717) is 10.6 Å². The summed E-state index contributed by atoms with van der Waals surface area (Å²) < 4.78 is 0. The van der Waals surface area contributed by atoms with E-state index >= 15 is 0 Å². The highest BCUT2D eigenvalue weighted by Crippen LogP contribution is 2.30. The number of aryl methyl sites for hydroxylation is 1. The Kier molecular flexibility index (Phi) is 3.80. The highest BCUT2D eigenvalue weighted by atomic mass is 35.5. The van der Waals surface area contributed by atoms with Crippen LogP contribution in [0.25, 0.3) is 0 Å². The summed E-state index contributed by atoms with van der Waals surface area (Å²) in [5.41, 5.74) is 1.30. The van der Waals surface area contributed by atoms with Crippen molar-refractivity contribution in [3.63, 3.8) is 0 Å². The van der Waals surface area contributed by atoms with E-state index in [-0.39, 0.29) is 11.9 Å². The lowest BCUT2D eigenvalue weighted by Crippen LogP contribution is -2.44. The van der Waals surface area contributed by atoms with Crippen LogP contribution in [-0.4, -0.2) is 34.0 Å². The standard InChI is InChI=1S/C14H16ClNO3/c1-8-7-10(3-6-12(8)15)13(17)16(11-4-5-11)9(2)14(18)19/h3,6-7,9,11H,4-5H2,1-2H3,(H,18,19). The Balaban J connectivity index is 2.28. The normalized spacial score (nSPS) is 15.9. The van der Waals surface area contributed by atoms with Crippen LogP contribution in [0.15, 0.2) is 18.2 Å². The van der Waals surface area contributed by atoms with E-state index < -0.39 is 12.0 Å². The molecule has 1 aliphatic carbocycles. The van der Waals surface area contributed by atoms with E-state index in [1.54, 1.807) is 25.1 Å². The SMILES string of the molecule is Cc1cc(C(=O)N(C2CC2)C(C)C(=O)O)ccc1Cl. The lowest BCUT2D eigenvalue weighted by molar-refractivity contribution is -0.141. The fraction of sp³-hybridized carbons (Fsp3) is 0.429. The minimum atomic E-state index is -0.981. The molecule has 1 N–H and O–H groups in total. The molecule has 1 amide bonds. The van der Waals surface area contributed by atoms with Gasteiger partial charge in [0, 0.05) is 16.6 Å². The van der Waals surface area contributed by atoms with Crippen LogP contribution in [0.2, 0.25) is 5.02 Å². The number of nitrogens with zero attached hydrogens (tertiary/aromatic N) is 1. The molecule has 102 valence electrons. The van der Waals surface area contributed by atoms with Gasteiger partial charge in [-0.25, -0.2) is 4.79 Å². The molecule has 1 aliphatic rings. The number of carboxylic acids is 1. The Hall–Kier alpha value is -1.55. The quantitative estimate of drug-likeness (QED) is 0.923. The maximum atomic E-state index is 12.5. The monoisotopic (exact) mass is 281 g/mol. The van der Waals surface area contributed by atoms with Crippen LogP contribution in [0.1, 0.15) is 35.7 Å². The molecule has 0 radical (unpaired) electrons. The summed E-state index contributed by atoms with van der Waals surface area (Å²) in [6, 6.07) is 4.25. The first-order valence-corrected chi connectivity index (χ1v) is 6.61. The van der Waals surface area contributed by atoms with Gasteiger partial charge in [0.25, 0.3) is 5.91 Å². The Morgan fingerprint density at radius 1 is 1.42 bits per heavy atom. The third-order valence-electron chi connectivity index (χ3n) is 3.35. The summed E-state index contributed by atoms with van der Waals surface area (Å²) in [6.07, 6.45) is 1.74. The third-order valence-corrected chi connectivity index (χ3v) is 3.78. The average molecular weight is 282 g/mol. The minimum Gasteiger partial charge on any atom is -0.480 e. The topological polar surface area (TPSA) is 57.6 Å². The lowest BCUT2D eigenvalue weighted by atomic mass is 10.1. The molecule has 1 unspecified atom stereocenters. The number of amides is 1. The van der Waals surface area contributed by atoms with Crippen LogP contribution in [0.5, 0.6) is 0 Å². The number of aliphatic carboxylic acids is 1. The molecule has 2 rings (SSSR count). The Morgan fingerprint density at radius 2 is 2.05 bits per heavy atom. The fourth-order valence-corrected chi connectivity index (χ4v) is 2.17. The van der Waals surface area contributed by atoms with E-state index in [4.69, 9.17) is 16.7 Å². The zero-order valence-electron chi connectivity index (χ0n) is 10.9. The van der Waals surface area contributed by atoms with Gasteiger partial charge in [-0.2, -0.15) is 0 Å². The summed E-state index contributed by atoms with van der Waals surface area (Å²) in [5.74, 6) is -1.22. The fourth-order valence-electron chi connectivity index (χ4n) is 2.06. The van der Waals surface area contributed by atoms with E-state index in [1.165, 1.54) is 4.90 Å². The van der Waals surface area contributed by atoms with E-state index in [0.717, 1.165) is 18.4 Å². The van der Waals surface area contributed by atoms with E-state index in [2.05, 4.69) is 0 Å². The summed E-state index contributed by atoms with van der Waals surface area (Å²) in [5, 5.41) is 9.71. The maximum Gasteiger partial charge on any atom is 0.326 e. The van der Waals surface area contributed by atoms with Gasteiger partial charge < -0.3 is 10.0 Å². The van der Waals surface area contributed by atoms with Gasteiger partial charge in [-0.1, -0.05) is 11.6 Å². The first-order chi connectivity index (χ1) is 8.91. The molecule has 19 heavy (non-hydrogen) atoms. The molecule has 0 saturated heterocycles. The van der Waals surface area contributed by atoms with E-state index in [9.17, 15) is 9.59 Å². The van der Waals surface area contributed by atoms with Gasteiger partial charge in [0.15, 0.2) is 0 Å². The van der Waals surface area contributed by atoms with Crippen molar-refractivity contribution in [1.82, 2.24) is 4.90 Å². The van der Waals surface area contributed by atoms with Crippen molar-refractivity contribution in [1.29, 1.82) is 0 Å². The second-order valence-electron chi connectivity index (χ2n) is 4.92. The number of halogens is 1. The molecule has 1 aromatic carbocycles. The largest absolute Gasteiger partial charge is 0.480 e. The highest BCUT2D eigenvalue weighted by molar-refractivity contribution is 6.31. The molecular weight excluding hydrogens is 266 g/mol. The number of hydrogen-bond donors (Lipinski definition) is 1. The molecule has 1 atom stereocenters. The first kappa shape index (κ1) is 13.9. The molecular formula is C14H16ClNO3.